The fraction of sp³-hybridized carbons (Fsp3) is 0.909. The van der Waals surface area contributed by atoms with Gasteiger partial charge in [0.05, 0.1) is 29.1 Å². The fourth-order valence-electron chi connectivity index (χ4n) is 2.42. The molecule has 1 rings (SSSR count). The molecule has 1 heterocycles. The number of hydrogen-bond acceptors (Lipinski definition) is 4. The van der Waals surface area contributed by atoms with Crippen molar-refractivity contribution < 1.29 is 13.5 Å². The number of aliphatic hydroxyl groups is 1. The molecule has 0 bridgehead atoms. The summed E-state index contributed by atoms with van der Waals surface area (Å²) in [6.07, 6.45) is 1.16. The van der Waals surface area contributed by atoms with Gasteiger partial charge in [-0.15, -0.1) is 0 Å². The maximum absolute atomic E-state index is 11.4. The lowest BCUT2D eigenvalue weighted by Gasteiger charge is -2.30. The molecule has 1 aliphatic heterocycles. The van der Waals surface area contributed by atoms with Gasteiger partial charge in [0.1, 0.15) is 0 Å². The van der Waals surface area contributed by atoms with Crippen molar-refractivity contribution in [3.05, 3.63) is 0 Å². The van der Waals surface area contributed by atoms with Crippen LogP contribution in [0.25, 0.3) is 0 Å². The third kappa shape index (κ3) is 2.55. The Bertz CT molecular complexity index is 385. The number of aliphatic hydroxyl groups excluding tert-OH is 1. The minimum absolute atomic E-state index is 0.0243. The van der Waals surface area contributed by atoms with Crippen LogP contribution >= 0.6 is 0 Å². The molecule has 1 fully saturated rings. The Labute approximate surface area is 97.2 Å². The van der Waals surface area contributed by atoms with E-state index < -0.39 is 21.4 Å². The van der Waals surface area contributed by atoms with Gasteiger partial charge >= 0.3 is 0 Å². The SMILES string of the molecule is CCCC(C)C(O)C1(C#N)CCS(=O)(=O)C1. The van der Waals surface area contributed by atoms with Gasteiger partial charge in [0, 0.05) is 0 Å². The highest BCUT2D eigenvalue weighted by Crippen LogP contribution is 2.38. The van der Waals surface area contributed by atoms with Gasteiger partial charge in [0.2, 0.25) is 0 Å². The van der Waals surface area contributed by atoms with Gasteiger partial charge in [-0.05, 0) is 18.8 Å². The van der Waals surface area contributed by atoms with Crippen LogP contribution in [0.2, 0.25) is 0 Å². The molecule has 0 aliphatic carbocycles. The molecule has 5 heteroatoms. The first-order valence-corrected chi connectivity index (χ1v) is 7.49. The van der Waals surface area contributed by atoms with Crippen molar-refractivity contribution in [2.24, 2.45) is 11.3 Å². The molecular formula is C11H19NO3S. The summed E-state index contributed by atoms with van der Waals surface area (Å²) in [4.78, 5) is 0. The van der Waals surface area contributed by atoms with Crippen LogP contribution in [0.3, 0.4) is 0 Å². The van der Waals surface area contributed by atoms with Gasteiger partial charge in [-0.25, -0.2) is 8.42 Å². The Morgan fingerprint density at radius 1 is 1.56 bits per heavy atom. The summed E-state index contributed by atoms with van der Waals surface area (Å²) >= 11 is 0. The van der Waals surface area contributed by atoms with Crippen LogP contribution < -0.4 is 0 Å². The zero-order valence-electron chi connectivity index (χ0n) is 9.81. The third-order valence-corrected chi connectivity index (χ3v) is 5.19. The van der Waals surface area contributed by atoms with Crippen LogP contribution in [0.1, 0.15) is 33.1 Å². The maximum Gasteiger partial charge on any atom is 0.152 e. The number of sulfone groups is 1. The van der Waals surface area contributed by atoms with Crippen LogP contribution in [0.15, 0.2) is 0 Å². The van der Waals surface area contributed by atoms with E-state index in [1.807, 2.05) is 19.9 Å². The topological polar surface area (TPSA) is 78.2 Å². The standard InChI is InChI=1S/C11H19NO3S/c1-3-4-9(2)10(13)11(7-12)5-6-16(14,15)8-11/h9-10,13H,3-6,8H2,1-2H3. The number of rotatable bonds is 4. The molecule has 0 aromatic rings. The predicted molar refractivity (Wildman–Crippen MR) is 61.4 cm³/mol. The summed E-state index contributed by atoms with van der Waals surface area (Å²) in [6, 6.07) is 2.04. The van der Waals surface area contributed by atoms with Gasteiger partial charge < -0.3 is 5.11 Å². The van der Waals surface area contributed by atoms with Gasteiger partial charge in [-0.1, -0.05) is 20.3 Å². The van der Waals surface area contributed by atoms with Crippen molar-refractivity contribution >= 4 is 9.84 Å². The Balaban J connectivity index is 2.87. The highest BCUT2D eigenvalue weighted by molar-refractivity contribution is 7.91. The molecule has 0 spiro atoms. The van der Waals surface area contributed by atoms with E-state index in [0.717, 1.165) is 12.8 Å². The van der Waals surface area contributed by atoms with Crippen LogP contribution in [0, 0.1) is 22.7 Å². The molecule has 3 atom stereocenters. The highest BCUT2D eigenvalue weighted by atomic mass is 32.2. The van der Waals surface area contributed by atoms with E-state index in [-0.39, 0.29) is 23.8 Å². The average Bonchev–Trinajstić information content (AvgIpc) is 2.55. The molecule has 4 nitrogen and oxygen atoms in total. The summed E-state index contributed by atoms with van der Waals surface area (Å²) in [6.45, 7) is 3.88. The summed E-state index contributed by atoms with van der Waals surface area (Å²) in [5, 5.41) is 19.3. The van der Waals surface area contributed by atoms with Crippen molar-refractivity contribution in [1.82, 2.24) is 0 Å². The van der Waals surface area contributed by atoms with Crippen molar-refractivity contribution in [1.29, 1.82) is 5.26 Å². The number of hydrogen-bond donors (Lipinski definition) is 1. The second kappa shape index (κ2) is 4.72. The van der Waals surface area contributed by atoms with Crippen LogP contribution in [-0.4, -0.2) is 31.1 Å². The summed E-state index contributed by atoms with van der Waals surface area (Å²) in [7, 11) is -3.14. The summed E-state index contributed by atoms with van der Waals surface area (Å²) in [5.41, 5.74) is -1.08. The van der Waals surface area contributed by atoms with E-state index in [2.05, 4.69) is 0 Å². The van der Waals surface area contributed by atoms with E-state index in [1.54, 1.807) is 0 Å². The fourth-order valence-corrected chi connectivity index (χ4v) is 4.40. The Morgan fingerprint density at radius 3 is 2.56 bits per heavy atom. The smallest absolute Gasteiger partial charge is 0.152 e. The van der Waals surface area contributed by atoms with Crippen LogP contribution in [-0.2, 0) is 9.84 Å². The minimum Gasteiger partial charge on any atom is -0.391 e. The molecule has 1 saturated heterocycles. The second-order valence-corrected chi connectivity index (χ2v) is 7.00. The van der Waals surface area contributed by atoms with Crippen molar-refractivity contribution in [3.63, 3.8) is 0 Å². The Hall–Kier alpha value is -0.600. The quantitative estimate of drug-likeness (QED) is 0.804. The molecule has 1 aliphatic rings. The number of nitriles is 1. The molecular weight excluding hydrogens is 226 g/mol. The molecule has 0 saturated carbocycles. The average molecular weight is 245 g/mol. The lowest BCUT2D eigenvalue weighted by atomic mass is 9.76. The normalized spacial score (nSPS) is 31.9. The highest BCUT2D eigenvalue weighted by Gasteiger charge is 2.49. The van der Waals surface area contributed by atoms with E-state index in [9.17, 15) is 13.5 Å². The summed E-state index contributed by atoms with van der Waals surface area (Å²) < 4.78 is 22.9. The van der Waals surface area contributed by atoms with E-state index in [0.29, 0.717) is 0 Å². The molecule has 0 amide bonds. The lowest BCUT2D eigenvalue weighted by molar-refractivity contribution is 0.0290. The van der Waals surface area contributed by atoms with Crippen LogP contribution in [0.5, 0.6) is 0 Å². The lowest BCUT2D eigenvalue weighted by Crippen LogP contribution is -2.39. The first kappa shape index (κ1) is 13.5. The third-order valence-electron chi connectivity index (χ3n) is 3.41. The molecule has 0 radical (unpaired) electrons. The largest absolute Gasteiger partial charge is 0.391 e. The zero-order chi connectivity index (χ0) is 12.4. The zero-order valence-corrected chi connectivity index (χ0v) is 10.6. The van der Waals surface area contributed by atoms with E-state index >= 15 is 0 Å². The summed E-state index contributed by atoms with van der Waals surface area (Å²) in [5.74, 6) is -0.194. The van der Waals surface area contributed by atoms with Crippen molar-refractivity contribution in [2.75, 3.05) is 11.5 Å². The van der Waals surface area contributed by atoms with Gasteiger partial charge in [0.15, 0.2) is 9.84 Å². The second-order valence-electron chi connectivity index (χ2n) is 4.82. The molecule has 3 unspecified atom stereocenters. The molecule has 1 N–H and O–H groups in total. The first-order valence-electron chi connectivity index (χ1n) is 5.66. The number of nitrogens with zero attached hydrogens (tertiary/aromatic N) is 1. The van der Waals surface area contributed by atoms with Gasteiger partial charge in [0.25, 0.3) is 0 Å². The van der Waals surface area contributed by atoms with Gasteiger partial charge in [-0.3, -0.25) is 0 Å². The molecule has 92 valence electrons. The van der Waals surface area contributed by atoms with E-state index in [4.69, 9.17) is 5.26 Å². The molecule has 0 aromatic carbocycles. The Kier molecular flexibility index (Phi) is 3.97. The van der Waals surface area contributed by atoms with E-state index in [1.165, 1.54) is 0 Å². The predicted octanol–water partition coefficient (Wildman–Crippen LogP) is 1.11. The molecule has 0 aromatic heterocycles. The van der Waals surface area contributed by atoms with Crippen molar-refractivity contribution in [2.45, 2.75) is 39.2 Å². The molecule has 16 heavy (non-hydrogen) atoms. The Morgan fingerprint density at radius 2 is 2.19 bits per heavy atom. The monoisotopic (exact) mass is 245 g/mol. The maximum atomic E-state index is 11.4. The van der Waals surface area contributed by atoms with Gasteiger partial charge in [-0.2, -0.15) is 5.26 Å². The first-order chi connectivity index (χ1) is 7.37. The minimum atomic E-state index is -3.14. The van der Waals surface area contributed by atoms with Crippen molar-refractivity contribution in [3.8, 4) is 6.07 Å². The van der Waals surface area contributed by atoms with Crippen LogP contribution in [0.4, 0.5) is 0 Å².